The summed E-state index contributed by atoms with van der Waals surface area (Å²) in [5, 5.41) is 3.58. The number of benzene rings is 1. The molecule has 0 radical (unpaired) electrons. The Kier molecular flexibility index (Phi) is 5.71. The van der Waals surface area contributed by atoms with Crippen molar-refractivity contribution in [3.63, 3.8) is 0 Å². The third-order valence-corrected chi connectivity index (χ3v) is 4.23. The minimum Gasteiger partial charge on any atom is -0.492 e. The maximum absolute atomic E-state index is 5.93. The van der Waals surface area contributed by atoms with Crippen molar-refractivity contribution in [2.45, 2.75) is 51.5 Å². The molecule has 0 bridgehead atoms. The third-order valence-electron chi connectivity index (χ3n) is 3.74. The molecule has 0 amide bonds. The van der Waals surface area contributed by atoms with Crippen LogP contribution >= 0.6 is 15.9 Å². The highest BCUT2D eigenvalue weighted by Gasteiger charge is 2.14. The topological polar surface area (TPSA) is 21.3 Å². The average molecular weight is 326 g/mol. The first kappa shape index (κ1) is 14.9. The highest BCUT2D eigenvalue weighted by molar-refractivity contribution is 9.10. The molecule has 0 saturated heterocycles. The predicted molar refractivity (Wildman–Crippen MR) is 84.0 cm³/mol. The molecule has 0 unspecified atom stereocenters. The molecule has 0 spiro atoms. The summed E-state index contributed by atoms with van der Waals surface area (Å²) >= 11 is 3.52. The molecule has 1 aliphatic carbocycles. The van der Waals surface area contributed by atoms with Crippen LogP contribution in [-0.4, -0.2) is 19.2 Å². The van der Waals surface area contributed by atoms with Crippen molar-refractivity contribution in [2.75, 3.05) is 13.2 Å². The predicted octanol–water partition coefficient (Wildman–Crippen LogP) is 4.48. The summed E-state index contributed by atoms with van der Waals surface area (Å²) in [6, 6.07) is 6.99. The number of nitrogens with one attached hydrogen (secondary N) is 1. The molecule has 0 aliphatic heterocycles. The van der Waals surface area contributed by atoms with Gasteiger partial charge in [-0.1, -0.05) is 42.6 Å². The molecule has 2 nitrogen and oxygen atoms in total. The quantitative estimate of drug-likeness (QED) is 0.778. The Morgan fingerprint density at radius 2 is 2.05 bits per heavy atom. The Balaban J connectivity index is 1.81. The number of hydrogen-bond acceptors (Lipinski definition) is 2. The van der Waals surface area contributed by atoms with Crippen LogP contribution in [0.1, 0.15) is 51.0 Å². The summed E-state index contributed by atoms with van der Waals surface area (Å²) in [6.07, 6.45) is 5.41. The van der Waals surface area contributed by atoms with Crippen LogP contribution in [0.2, 0.25) is 0 Å². The van der Waals surface area contributed by atoms with Crippen LogP contribution in [-0.2, 0) is 0 Å². The maximum atomic E-state index is 5.93. The van der Waals surface area contributed by atoms with Crippen molar-refractivity contribution in [2.24, 2.45) is 0 Å². The second-order valence-corrected chi connectivity index (χ2v) is 6.54. The molecule has 1 aromatic rings. The van der Waals surface area contributed by atoms with Crippen molar-refractivity contribution in [3.05, 3.63) is 28.2 Å². The van der Waals surface area contributed by atoms with E-state index in [0.29, 0.717) is 5.92 Å². The zero-order valence-corrected chi connectivity index (χ0v) is 13.5. The van der Waals surface area contributed by atoms with E-state index in [-0.39, 0.29) is 0 Å². The third kappa shape index (κ3) is 4.50. The minimum atomic E-state index is 0.482. The van der Waals surface area contributed by atoms with Gasteiger partial charge in [0.1, 0.15) is 12.4 Å². The lowest BCUT2D eigenvalue weighted by Gasteiger charge is -2.16. The van der Waals surface area contributed by atoms with E-state index >= 15 is 0 Å². The summed E-state index contributed by atoms with van der Waals surface area (Å²) in [6.45, 7) is 6.09. The fourth-order valence-electron chi connectivity index (χ4n) is 2.66. The van der Waals surface area contributed by atoms with Crippen LogP contribution < -0.4 is 10.1 Å². The van der Waals surface area contributed by atoms with Crippen LogP contribution in [0.5, 0.6) is 5.75 Å². The molecule has 106 valence electrons. The van der Waals surface area contributed by atoms with E-state index in [1.807, 2.05) is 6.07 Å². The minimum absolute atomic E-state index is 0.482. The molecule has 0 aromatic heterocycles. The van der Waals surface area contributed by atoms with Gasteiger partial charge >= 0.3 is 0 Å². The Morgan fingerprint density at radius 3 is 2.74 bits per heavy atom. The zero-order valence-electron chi connectivity index (χ0n) is 11.9. The van der Waals surface area contributed by atoms with Crippen molar-refractivity contribution in [1.82, 2.24) is 5.32 Å². The lowest BCUT2D eigenvalue weighted by Crippen LogP contribution is -2.30. The first-order valence-electron chi connectivity index (χ1n) is 7.32. The summed E-state index contributed by atoms with van der Waals surface area (Å²) in [5.41, 5.74) is 1.27. The highest BCUT2D eigenvalue weighted by atomic mass is 79.9. The van der Waals surface area contributed by atoms with E-state index in [1.54, 1.807) is 0 Å². The molecule has 1 fully saturated rings. The van der Waals surface area contributed by atoms with Crippen molar-refractivity contribution >= 4 is 15.9 Å². The van der Waals surface area contributed by atoms with Crippen LogP contribution in [0.15, 0.2) is 22.7 Å². The molecule has 1 saturated carbocycles. The molecule has 0 atom stereocenters. The molecular weight excluding hydrogens is 302 g/mol. The van der Waals surface area contributed by atoms with Crippen molar-refractivity contribution < 1.29 is 4.74 Å². The van der Waals surface area contributed by atoms with Gasteiger partial charge in [-0.25, -0.2) is 0 Å². The second kappa shape index (κ2) is 7.30. The number of hydrogen-bond donors (Lipinski definition) is 1. The molecule has 1 N–H and O–H groups in total. The fraction of sp³-hybridized carbons (Fsp3) is 0.625. The summed E-state index contributed by atoms with van der Waals surface area (Å²) in [4.78, 5) is 0. The van der Waals surface area contributed by atoms with E-state index in [4.69, 9.17) is 4.74 Å². The van der Waals surface area contributed by atoms with E-state index < -0.39 is 0 Å². The smallest absolute Gasteiger partial charge is 0.122 e. The maximum Gasteiger partial charge on any atom is 0.122 e. The van der Waals surface area contributed by atoms with Gasteiger partial charge < -0.3 is 10.1 Å². The monoisotopic (exact) mass is 325 g/mol. The van der Waals surface area contributed by atoms with E-state index in [2.05, 4.69) is 47.2 Å². The largest absolute Gasteiger partial charge is 0.492 e. The van der Waals surface area contributed by atoms with Gasteiger partial charge in [-0.05, 0) is 42.5 Å². The van der Waals surface area contributed by atoms with Gasteiger partial charge in [-0.2, -0.15) is 0 Å². The molecule has 1 aliphatic rings. The van der Waals surface area contributed by atoms with Gasteiger partial charge in [-0.3, -0.25) is 0 Å². The highest BCUT2D eigenvalue weighted by Crippen LogP contribution is 2.29. The van der Waals surface area contributed by atoms with Crippen LogP contribution in [0.3, 0.4) is 0 Å². The molecule has 0 heterocycles. The fourth-order valence-corrected chi connectivity index (χ4v) is 3.03. The van der Waals surface area contributed by atoms with E-state index in [1.165, 1.54) is 31.2 Å². The van der Waals surface area contributed by atoms with Gasteiger partial charge in [0.25, 0.3) is 0 Å². The first-order valence-corrected chi connectivity index (χ1v) is 8.11. The molecule has 3 heteroatoms. The normalized spacial score (nSPS) is 16.2. The molecule has 19 heavy (non-hydrogen) atoms. The summed E-state index contributed by atoms with van der Waals surface area (Å²) in [7, 11) is 0. The molecule has 1 aromatic carbocycles. The lowest BCUT2D eigenvalue weighted by atomic mass is 10.0. The summed E-state index contributed by atoms with van der Waals surface area (Å²) < 4.78 is 7.05. The standard InChI is InChI=1S/C16H24BrNO/c1-12(2)15-11-13(17)7-8-16(15)19-10-9-18-14-5-3-4-6-14/h7-8,11-12,14,18H,3-6,9-10H2,1-2H3. The van der Waals surface area contributed by atoms with Crippen LogP contribution in [0.25, 0.3) is 0 Å². The number of ether oxygens (including phenoxy) is 1. The lowest BCUT2D eigenvalue weighted by molar-refractivity contribution is 0.301. The Labute approximate surface area is 125 Å². The van der Waals surface area contributed by atoms with Gasteiger partial charge in [0.15, 0.2) is 0 Å². The van der Waals surface area contributed by atoms with Gasteiger partial charge in [0, 0.05) is 17.1 Å². The van der Waals surface area contributed by atoms with Crippen LogP contribution in [0, 0.1) is 0 Å². The Bertz CT molecular complexity index is 400. The van der Waals surface area contributed by atoms with Crippen LogP contribution in [0.4, 0.5) is 0 Å². The Hall–Kier alpha value is -0.540. The SMILES string of the molecule is CC(C)c1cc(Br)ccc1OCCNC1CCCC1. The van der Waals surface area contributed by atoms with Crippen molar-refractivity contribution in [3.8, 4) is 5.75 Å². The first-order chi connectivity index (χ1) is 9.16. The van der Waals surface area contributed by atoms with E-state index in [0.717, 1.165) is 29.4 Å². The summed E-state index contributed by atoms with van der Waals surface area (Å²) in [5.74, 6) is 1.50. The average Bonchev–Trinajstić information content (AvgIpc) is 2.89. The Morgan fingerprint density at radius 1 is 1.32 bits per heavy atom. The number of halogens is 1. The van der Waals surface area contributed by atoms with Gasteiger partial charge in [-0.15, -0.1) is 0 Å². The van der Waals surface area contributed by atoms with Gasteiger partial charge in [0.2, 0.25) is 0 Å². The van der Waals surface area contributed by atoms with Crippen molar-refractivity contribution in [1.29, 1.82) is 0 Å². The van der Waals surface area contributed by atoms with E-state index in [9.17, 15) is 0 Å². The number of rotatable bonds is 6. The second-order valence-electron chi connectivity index (χ2n) is 5.62. The molecular formula is C16H24BrNO. The molecule has 2 rings (SSSR count). The van der Waals surface area contributed by atoms with Gasteiger partial charge in [0.05, 0.1) is 0 Å². The zero-order chi connectivity index (χ0) is 13.7.